The highest BCUT2D eigenvalue weighted by Gasteiger charge is 2.05. The fourth-order valence-corrected chi connectivity index (χ4v) is 1.65. The SMILES string of the molecule is CNc1ncnc(NCc2ccc(Cl)cc2)c1N. The van der Waals surface area contributed by atoms with Gasteiger partial charge in [0, 0.05) is 18.6 Å². The van der Waals surface area contributed by atoms with Crippen LogP contribution in [0.15, 0.2) is 30.6 Å². The number of hydrogen-bond donors (Lipinski definition) is 3. The Bertz CT molecular complexity index is 526. The molecule has 0 spiro atoms. The first-order valence-corrected chi connectivity index (χ1v) is 5.85. The Hall–Kier alpha value is -2.01. The first-order chi connectivity index (χ1) is 8.70. The topological polar surface area (TPSA) is 75.9 Å². The molecule has 0 aliphatic rings. The van der Waals surface area contributed by atoms with E-state index in [1.165, 1.54) is 6.33 Å². The standard InChI is InChI=1S/C12H14ClN5/c1-15-11-10(14)12(18-7-17-11)16-6-8-2-4-9(13)5-3-8/h2-5,7H,6,14H2,1H3,(H2,15,16,17,18). The molecule has 94 valence electrons. The van der Waals surface area contributed by atoms with Crippen LogP contribution in [0.25, 0.3) is 0 Å². The lowest BCUT2D eigenvalue weighted by molar-refractivity contribution is 1.08. The fourth-order valence-electron chi connectivity index (χ4n) is 1.52. The molecule has 0 atom stereocenters. The molecule has 2 aromatic rings. The lowest BCUT2D eigenvalue weighted by atomic mass is 10.2. The summed E-state index contributed by atoms with van der Waals surface area (Å²) in [7, 11) is 1.77. The summed E-state index contributed by atoms with van der Waals surface area (Å²) in [6, 6.07) is 7.60. The Morgan fingerprint density at radius 3 is 2.50 bits per heavy atom. The van der Waals surface area contributed by atoms with E-state index in [1.807, 2.05) is 24.3 Å². The lowest BCUT2D eigenvalue weighted by Gasteiger charge is -2.10. The number of rotatable bonds is 4. The lowest BCUT2D eigenvalue weighted by Crippen LogP contribution is -2.07. The summed E-state index contributed by atoms with van der Waals surface area (Å²) < 4.78 is 0. The van der Waals surface area contributed by atoms with Crippen LogP contribution >= 0.6 is 11.6 Å². The van der Waals surface area contributed by atoms with Crippen molar-refractivity contribution in [3.63, 3.8) is 0 Å². The minimum Gasteiger partial charge on any atom is -0.393 e. The number of nitrogens with zero attached hydrogens (tertiary/aromatic N) is 2. The molecule has 0 saturated carbocycles. The normalized spacial score (nSPS) is 10.1. The monoisotopic (exact) mass is 263 g/mol. The highest BCUT2D eigenvalue weighted by molar-refractivity contribution is 6.30. The van der Waals surface area contributed by atoms with Gasteiger partial charge in [-0.25, -0.2) is 9.97 Å². The van der Waals surface area contributed by atoms with Crippen molar-refractivity contribution in [2.75, 3.05) is 23.4 Å². The molecule has 2 rings (SSSR count). The van der Waals surface area contributed by atoms with Crippen molar-refractivity contribution in [1.82, 2.24) is 9.97 Å². The largest absolute Gasteiger partial charge is 0.393 e. The molecular formula is C12H14ClN5. The number of halogens is 1. The average Bonchev–Trinajstić information content (AvgIpc) is 2.39. The van der Waals surface area contributed by atoms with Gasteiger partial charge in [-0.15, -0.1) is 0 Å². The van der Waals surface area contributed by atoms with Crippen LogP contribution in [0.1, 0.15) is 5.56 Å². The first kappa shape index (κ1) is 12.4. The minimum absolute atomic E-state index is 0.508. The van der Waals surface area contributed by atoms with Gasteiger partial charge in [-0.1, -0.05) is 23.7 Å². The van der Waals surface area contributed by atoms with Crippen molar-refractivity contribution in [3.8, 4) is 0 Å². The number of hydrogen-bond acceptors (Lipinski definition) is 5. The van der Waals surface area contributed by atoms with E-state index >= 15 is 0 Å². The van der Waals surface area contributed by atoms with Crippen molar-refractivity contribution in [2.24, 2.45) is 0 Å². The van der Waals surface area contributed by atoms with Crippen molar-refractivity contribution in [2.45, 2.75) is 6.54 Å². The van der Waals surface area contributed by atoms with Crippen molar-refractivity contribution < 1.29 is 0 Å². The van der Waals surface area contributed by atoms with Gasteiger partial charge in [-0.3, -0.25) is 0 Å². The predicted octanol–water partition coefficient (Wildman–Crippen LogP) is 2.37. The van der Waals surface area contributed by atoms with Crippen LogP contribution in [0.4, 0.5) is 17.3 Å². The molecular weight excluding hydrogens is 250 g/mol. The van der Waals surface area contributed by atoms with Gasteiger partial charge < -0.3 is 16.4 Å². The zero-order valence-corrected chi connectivity index (χ0v) is 10.7. The van der Waals surface area contributed by atoms with Gasteiger partial charge in [0.15, 0.2) is 11.6 Å². The fraction of sp³-hybridized carbons (Fsp3) is 0.167. The first-order valence-electron chi connectivity index (χ1n) is 5.47. The Kier molecular flexibility index (Phi) is 3.84. The van der Waals surface area contributed by atoms with Crippen molar-refractivity contribution in [1.29, 1.82) is 0 Å². The molecule has 0 bridgehead atoms. The van der Waals surface area contributed by atoms with E-state index in [0.29, 0.717) is 23.9 Å². The Morgan fingerprint density at radius 2 is 1.83 bits per heavy atom. The third kappa shape index (κ3) is 2.81. The zero-order valence-electron chi connectivity index (χ0n) is 9.94. The molecule has 6 heteroatoms. The van der Waals surface area contributed by atoms with Crippen LogP contribution in [0, 0.1) is 0 Å². The third-order valence-electron chi connectivity index (χ3n) is 2.49. The molecule has 1 aromatic carbocycles. The molecule has 0 aliphatic heterocycles. The van der Waals surface area contributed by atoms with E-state index in [4.69, 9.17) is 17.3 Å². The van der Waals surface area contributed by atoms with Gasteiger partial charge in [0.05, 0.1) is 0 Å². The second-order valence-corrected chi connectivity index (χ2v) is 4.15. The quantitative estimate of drug-likeness (QED) is 0.790. The number of aromatic nitrogens is 2. The average molecular weight is 264 g/mol. The Morgan fingerprint density at radius 1 is 1.17 bits per heavy atom. The van der Waals surface area contributed by atoms with E-state index in [0.717, 1.165) is 10.6 Å². The van der Waals surface area contributed by atoms with Crippen LogP contribution in [-0.4, -0.2) is 17.0 Å². The summed E-state index contributed by atoms with van der Waals surface area (Å²) in [6.45, 7) is 0.627. The smallest absolute Gasteiger partial charge is 0.155 e. The molecule has 1 heterocycles. The predicted molar refractivity (Wildman–Crippen MR) is 74.8 cm³/mol. The van der Waals surface area contributed by atoms with Crippen LogP contribution < -0.4 is 16.4 Å². The Labute approximate surface area is 110 Å². The maximum atomic E-state index is 5.91. The van der Waals surface area contributed by atoms with E-state index in [2.05, 4.69) is 20.6 Å². The maximum absolute atomic E-state index is 5.91. The number of nitrogen functional groups attached to an aromatic ring is 1. The number of nitrogens with two attached hydrogens (primary N) is 1. The third-order valence-corrected chi connectivity index (χ3v) is 2.75. The van der Waals surface area contributed by atoms with Crippen molar-refractivity contribution >= 4 is 28.9 Å². The van der Waals surface area contributed by atoms with Crippen LogP contribution in [0.3, 0.4) is 0 Å². The van der Waals surface area contributed by atoms with Gasteiger partial charge in [0.1, 0.15) is 12.0 Å². The summed E-state index contributed by atoms with van der Waals surface area (Å²) in [4.78, 5) is 8.13. The van der Waals surface area contributed by atoms with Gasteiger partial charge >= 0.3 is 0 Å². The van der Waals surface area contributed by atoms with Crippen molar-refractivity contribution in [3.05, 3.63) is 41.2 Å². The summed E-state index contributed by atoms with van der Waals surface area (Å²) >= 11 is 5.82. The maximum Gasteiger partial charge on any atom is 0.155 e. The second-order valence-electron chi connectivity index (χ2n) is 3.71. The number of nitrogens with one attached hydrogen (secondary N) is 2. The van der Waals surface area contributed by atoms with E-state index in [9.17, 15) is 0 Å². The van der Waals surface area contributed by atoms with Crippen LogP contribution in [0.2, 0.25) is 5.02 Å². The van der Waals surface area contributed by atoms with Crippen LogP contribution in [0.5, 0.6) is 0 Å². The summed E-state index contributed by atoms with van der Waals surface area (Å²) in [5, 5.41) is 6.79. The van der Waals surface area contributed by atoms with E-state index in [-0.39, 0.29) is 0 Å². The minimum atomic E-state index is 0.508. The summed E-state index contributed by atoms with van der Waals surface area (Å²) in [5.41, 5.74) is 7.52. The molecule has 0 saturated heterocycles. The summed E-state index contributed by atoms with van der Waals surface area (Å²) in [5.74, 6) is 1.23. The molecule has 5 nitrogen and oxygen atoms in total. The molecule has 0 radical (unpaired) electrons. The second kappa shape index (κ2) is 5.55. The highest BCUT2D eigenvalue weighted by atomic mass is 35.5. The molecule has 1 aromatic heterocycles. The zero-order chi connectivity index (χ0) is 13.0. The van der Waals surface area contributed by atoms with E-state index in [1.54, 1.807) is 7.05 Å². The molecule has 18 heavy (non-hydrogen) atoms. The number of anilines is 3. The van der Waals surface area contributed by atoms with Gasteiger partial charge in [-0.2, -0.15) is 0 Å². The molecule has 0 fully saturated rings. The Balaban J connectivity index is 2.08. The summed E-state index contributed by atoms with van der Waals surface area (Å²) in [6.07, 6.45) is 1.46. The number of benzene rings is 1. The van der Waals surface area contributed by atoms with Gasteiger partial charge in [0.2, 0.25) is 0 Å². The van der Waals surface area contributed by atoms with E-state index < -0.39 is 0 Å². The highest BCUT2D eigenvalue weighted by Crippen LogP contribution is 2.22. The molecule has 4 N–H and O–H groups in total. The molecule has 0 unspecified atom stereocenters. The molecule has 0 amide bonds. The van der Waals surface area contributed by atoms with Gasteiger partial charge in [-0.05, 0) is 17.7 Å². The van der Waals surface area contributed by atoms with Gasteiger partial charge in [0.25, 0.3) is 0 Å². The van der Waals surface area contributed by atoms with Crippen LogP contribution in [-0.2, 0) is 6.54 Å². The molecule has 0 aliphatic carbocycles.